The number of primary sulfonamides is 1. The van der Waals surface area contributed by atoms with Gasteiger partial charge in [-0.15, -0.1) is 0 Å². The second-order valence-corrected chi connectivity index (χ2v) is 5.73. The molecule has 0 aliphatic rings. The largest absolute Gasteiger partial charge is 0.349 e. The Morgan fingerprint density at radius 2 is 1.95 bits per heavy atom. The van der Waals surface area contributed by atoms with Crippen molar-refractivity contribution in [3.8, 4) is 0 Å². The van der Waals surface area contributed by atoms with E-state index in [2.05, 4.69) is 5.32 Å². The van der Waals surface area contributed by atoms with Gasteiger partial charge in [0.25, 0.3) is 5.91 Å². The van der Waals surface area contributed by atoms with E-state index in [9.17, 15) is 17.6 Å². The smallest absolute Gasteiger partial charge is 0.254 e. The molecule has 7 heteroatoms. The van der Waals surface area contributed by atoms with E-state index in [-0.39, 0.29) is 16.5 Å². The van der Waals surface area contributed by atoms with Crippen LogP contribution in [-0.2, 0) is 10.0 Å². The van der Waals surface area contributed by atoms with Crippen LogP contribution < -0.4 is 10.5 Å². The molecule has 1 rings (SSSR count). The highest BCUT2D eigenvalue weighted by Crippen LogP contribution is 2.14. The van der Waals surface area contributed by atoms with Gasteiger partial charge in [0.2, 0.25) is 10.0 Å². The van der Waals surface area contributed by atoms with E-state index < -0.39 is 21.7 Å². The zero-order valence-corrected chi connectivity index (χ0v) is 11.6. The summed E-state index contributed by atoms with van der Waals surface area (Å²) in [6.45, 7) is 3.82. The molecule has 1 aromatic carbocycles. The van der Waals surface area contributed by atoms with Crippen molar-refractivity contribution in [1.82, 2.24) is 5.32 Å². The van der Waals surface area contributed by atoms with Gasteiger partial charge in [-0.25, -0.2) is 17.9 Å². The van der Waals surface area contributed by atoms with Crippen LogP contribution in [0.3, 0.4) is 0 Å². The van der Waals surface area contributed by atoms with Crippen molar-refractivity contribution in [2.24, 2.45) is 5.14 Å². The molecule has 0 aliphatic heterocycles. The molecule has 0 bridgehead atoms. The summed E-state index contributed by atoms with van der Waals surface area (Å²) in [7, 11) is -3.97. The van der Waals surface area contributed by atoms with Crippen molar-refractivity contribution in [3.05, 3.63) is 29.6 Å². The third kappa shape index (κ3) is 4.00. The molecule has 1 amide bonds. The van der Waals surface area contributed by atoms with Crippen LogP contribution in [0.5, 0.6) is 0 Å². The fraction of sp³-hybridized carbons (Fsp3) is 0.417. The molecule has 0 spiro atoms. The highest BCUT2D eigenvalue weighted by molar-refractivity contribution is 7.89. The Morgan fingerprint density at radius 1 is 1.37 bits per heavy atom. The van der Waals surface area contributed by atoms with E-state index in [1.54, 1.807) is 0 Å². The second-order valence-electron chi connectivity index (χ2n) is 4.17. The normalized spacial score (nSPS) is 11.6. The molecular formula is C12H17FN2O3S. The number of hydrogen-bond acceptors (Lipinski definition) is 3. The molecule has 0 heterocycles. The zero-order valence-electron chi connectivity index (χ0n) is 10.8. The summed E-state index contributed by atoms with van der Waals surface area (Å²) in [5, 5.41) is 7.55. The molecule has 19 heavy (non-hydrogen) atoms. The molecule has 0 saturated carbocycles. The summed E-state index contributed by atoms with van der Waals surface area (Å²) >= 11 is 0. The Labute approximate surface area is 112 Å². The summed E-state index contributed by atoms with van der Waals surface area (Å²) in [5.41, 5.74) is -0.195. The van der Waals surface area contributed by atoms with E-state index in [0.29, 0.717) is 0 Å². The van der Waals surface area contributed by atoms with Gasteiger partial charge in [0, 0.05) is 6.04 Å². The van der Waals surface area contributed by atoms with Crippen molar-refractivity contribution in [2.75, 3.05) is 0 Å². The van der Waals surface area contributed by atoms with E-state index in [4.69, 9.17) is 5.14 Å². The first kappa shape index (κ1) is 15.6. The van der Waals surface area contributed by atoms with Crippen molar-refractivity contribution >= 4 is 15.9 Å². The summed E-state index contributed by atoms with van der Waals surface area (Å²) in [4.78, 5) is 11.5. The predicted molar refractivity (Wildman–Crippen MR) is 69.6 cm³/mol. The predicted octanol–water partition coefficient (Wildman–Crippen LogP) is 1.39. The van der Waals surface area contributed by atoms with Gasteiger partial charge < -0.3 is 5.32 Å². The maximum absolute atomic E-state index is 13.7. The minimum Gasteiger partial charge on any atom is -0.349 e. The average molecular weight is 288 g/mol. The summed E-state index contributed by atoms with van der Waals surface area (Å²) < 4.78 is 35.8. The van der Waals surface area contributed by atoms with Crippen LogP contribution in [0.25, 0.3) is 0 Å². The van der Waals surface area contributed by atoms with Crippen molar-refractivity contribution in [1.29, 1.82) is 0 Å². The van der Waals surface area contributed by atoms with E-state index in [1.165, 1.54) is 0 Å². The van der Waals surface area contributed by atoms with Gasteiger partial charge in [-0.3, -0.25) is 4.79 Å². The lowest BCUT2D eigenvalue weighted by atomic mass is 10.1. The number of amides is 1. The second kappa shape index (κ2) is 6.12. The first-order valence-corrected chi connectivity index (χ1v) is 7.47. The van der Waals surface area contributed by atoms with Crippen LogP contribution in [0.4, 0.5) is 4.39 Å². The third-order valence-electron chi connectivity index (χ3n) is 2.83. The van der Waals surface area contributed by atoms with Crippen LogP contribution in [0, 0.1) is 5.82 Å². The molecule has 0 saturated heterocycles. The number of carbonyl (C=O) groups excluding carboxylic acids is 1. The van der Waals surface area contributed by atoms with Gasteiger partial charge in [-0.1, -0.05) is 13.8 Å². The standard InChI is InChI=1S/C12H17FN2O3S/c1-3-8(4-2)15-12(16)10-6-5-9(7-11(10)13)19(14,17)18/h5-8H,3-4H2,1-2H3,(H,15,16)(H2,14,17,18). The van der Waals surface area contributed by atoms with Crippen LogP contribution in [0.1, 0.15) is 37.0 Å². The quantitative estimate of drug-likeness (QED) is 0.858. The van der Waals surface area contributed by atoms with E-state index in [0.717, 1.165) is 31.0 Å². The Bertz CT molecular complexity index is 568. The molecule has 5 nitrogen and oxygen atoms in total. The van der Waals surface area contributed by atoms with Gasteiger partial charge >= 0.3 is 0 Å². The fourth-order valence-corrected chi connectivity index (χ4v) is 2.14. The SMILES string of the molecule is CCC(CC)NC(=O)c1ccc(S(N)(=O)=O)cc1F. The highest BCUT2D eigenvalue weighted by atomic mass is 32.2. The van der Waals surface area contributed by atoms with Crippen LogP contribution in [0.15, 0.2) is 23.1 Å². The van der Waals surface area contributed by atoms with E-state index in [1.807, 2.05) is 13.8 Å². The van der Waals surface area contributed by atoms with Gasteiger partial charge in [0.05, 0.1) is 10.5 Å². The zero-order chi connectivity index (χ0) is 14.6. The maximum Gasteiger partial charge on any atom is 0.254 e. The minimum absolute atomic E-state index is 0.0372. The van der Waals surface area contributed by atoms with Gasteiger partial charge in [-0.05, 0) is 31.0 Å². The topological polar surface area (TPSA) is 89.3 Å². The Balaban J connectivity index is 3.00. The molecule has 0 aromatic heterocycles. The Kier molecular flexibility index (Phi) is 5.02. The molecule has 0 aliphatic carbocycles. The minimum atomic E-state index is -3.97. The lowest BCUT2D eigenvalue weighted by Gasteiger charge is -2.15. The molecule has 0 atom stereocenters. The van der Waals surface area contributed by atoms with E-state index >= 15 is 0 Å². The van der Waals surface area contributed by atoms with Gasteiger partial charge in [0.15, 0.2) is 0 Å². The number of carbonyl (C=O) groups is 1. The van der Waals surface area contributed by atoms with Crippen LogP contribution in [0.2, 0.25) is 0 Å². The maximum atomic E-state index is 13.7. The molecule has 1 aromatic rings. The van der Waals surface area contributed by atoms with Crippen LogP contribution >= 0.6 is 0 Å². The first-order chi connectivity index (χ1) is 8.79. The molecule has 106 valence electrons. The van der Waals surface area contributed by atoms with Crippen molar-refractivity contribution in [3.63, 3.8) is 0 Å². The molecule has 0 fully saturated rings. The highest BCUT2D eigenvalue weighted by Gasteiger charge is 2.17. The number of halogens is 1. The lowest BCUT2D eigenvalue weighted by molar-refractivity contribution is 0.0930. The van der Waals surface area contributed by atoms with Crippen LogP contribution in [-0.4, -0.2) is 20.4 Å². The van der Waals surface area contributed by atoms with Crippen molar-refractivity contribution < 1.29 is 17.6 Å². The number of sulfonamides is 1. The molecule has 0 radical (unpaired) electrons. The lowest BCUT2D eigenvalue weighted by Crippen LogP contribution is -2.34. The number of benzene rings is 1. The molecule has 0 unspecified atom stereocenters. The monoisotopic (exact) mass is 288 g/mol. The number of nitrogens with two attached hydrogens (primary N) is 1. The Morgan fingerprint density at radius 3 is 2.37 bits per heavy atom. The number of hydrogen-bond donors (Lipinski definition) is 2. The van der Waals surface area contributed by atoms with Gasteiger partial charge in [0.1, 0.15) is 5.82 Å². The first-order valence-electron chi connectivity index (χ1n) is 5.92. The van der Waals surface area contributed by atoms with Crippen molar-refractivity contribution in [2.45, 2.75) is 37.6 Å². The Hall–Kier alpha value is -1.47. The number of rotatable bonds is 5. The average Bonchev–Trinajstić information content (AvgIpc) is 2.34. The molecule has 3 N–H and O–H groups in total. The summed E-state index contributed by atoms with van der Waals surface area (Å²) in [6, 6.07) is 2.94. The summed E-state index contributed by atoms with van der Waals surface area (Å²) in [6.07, 6.45) is 1.47. The fourth-order valence-electron chi connectivity index (χ4n) is 1.61. The summed E-state index contributed by atoms with van der Waals surface area (Å²) in [5.74, 6) is -1.47. The molecular weight excluding hydrogens is 271 g/mol. The number of nitrogens with one attached hydrogen (secondary N) is 1. The third-order valence-corrected chi connectivity index (χ3v) is 3.75. The van der Waals surface area contributed by atoms with Gasteiger partial charge in [-0.2, -0.15) is 0 Å².